The predicted molar refractivity (Wildman–Crippen MR) is 63.2 cm³/mol. The van der Waals surface area contributed by atoms with Gasteiger partial charge in [0.15, 0.2) is 0 Å². The zero-order chi connectivity index (χ0) is 11.9. The quantitative estimate of drug-likeness (QED) is 0.778. The third-order valence-corrected chi connectivity index (χ3v) is 3.69. The Hall–Kier alpha value is -1.07. The molecule has 0 saturated carbocycles. The molecule has 0 atom stereocenters. The summed E-state index contributed by atoms with van der Waals surface area (Å²) in [6, 6.07) is 4.97. The maximum atomic E-state index is 11.2. The third kappa shape index (κ3) is 1.92. The fraction of sp³-hybridized carbons (Fsp3) is 0.300. The average molecular weight is 259 g/mol. The maximum absolute atomic E-state index is 11.2. The first kappa shape index (κ1) is 11.4. The van der Waals surface area contributed by atoms with Crippen molar-refractivity contribution in [1.29, 1.82) is 0 Å². The summed E-state index contributed by atoms with van der Waals surface area (Å²) in [5, 5.41) is 4.97. The van der Waals surface area contributed by atoms with Crippen molar-refractivity contribution in [3.63, 3.8) is 0 Å². The van der Waals surface area contributed by atoms with Crippen LogP contribution >= 0.6 is 10.7 Å². The van der Waals surface area contributed by atoms with E-state index in [4.69, 9.17) is 10.7 Å². The fourth-order valence-electron chi connectivity index (χ4n) is 1.59. The highest BCUT2D eigenvalue weighted by Crippen LogP contribution is 2.23. The van der Waals surface area contributed by atoms with Crippen molar-refractivity contribution in [2.24, 2.45) is 0 Å². The predicted octanol–water partition coefficient (Wildman–Crippen LogP) is 2.54. The van der Waals surface area contributed by atoms with Gasteiger partial charge in [0, 0.05) is 22.1 Å². The Morgan fingerprint density at radius 2 is 2.06 bits per heavy atom. The van der Waals surface area contributed by atoms with E-state index in [0.29, 0.717) is 0 Å². The second-order valence-electron chi connectivity index (χ2n) is 3.84. The van der Waals surface area contributed by atoms with E-state index in [2.05, 4.69) is 5.10 Å². The van der Waals surface area contributed by atoms with Gasteiger partial charge in [-0.25, -0.2) is 8.42 Å². The Balaban J connectivity index is 2.67. The Kier molecular flexibility index (Phi) is 2.67. The Bertz CT molecular complexity index is 631. The molecule has 16 heavy (non-hydrogen) atoms. The topological polar surface area (TPSA) is 52.0 Å². The maximum Gasteiger partial charge on any atom is 0.261 e. The first-order valence-electron chi connectivity index (χ1n) is 4.81. The van der Waals surface area contributed by atoms with Gasteiger partial charge in [-0.2, -0.15) is 5.10 Å². The van der Waals surface area contributed by atoms with Gasteiger partial charge in [-0.15, -0.1) is 0 Å². The lowest BCUT2D eigenvalue weighted by Crippen LogP contribution is -2.01. The van der Waals surface area contributed by atoms with Crippen LogP contribution in [0.25, 0.3) is 10.9 Å². The highest BCUT2D eigenvalue weighted by Gasteiger charge is 2.12. The summed E-state index contributed by atoms with van der Waals surface area (Å²) in [4.78, 5) is 0.102. The molecule has 2 aromatic rings. The monoisotopic (exact) mass is 258 g/mol. The number of fused-ring (bicyclic) bond motifs is 1. The Morgan fingerprint density at radius 3 is 2.62 bits per heavy atom. The molecule has 0 spiro atoms. The van der Waals surface area contributed by atoms with Gasteiger partial charge in [0.25, 0.3) is 9.05 Å². The van der Waals surface area contributed by atoms with Crippen LogP contribution in [-0.4, -0.2) is 18.2 Å². The molecular formula is C10H11ClN2O2S. The van der Waals surface area contributed by atoms with Gasteiger partial charge in [0.1, 0.15) is 0 Å². The fourth-order valence-corrected chi connectivity index (χ4v) is 2.38. The molecule has 0 aliphatic carbocycles. The lowest BCUT2D eigenvalue weighted by atomic mass is 10.2. The zero-order valence-corrected chi connectivity index (χ0v) is 10.5. The molecule has 0 fully saturated rings. The first-order chi connectivity index (χ1) is 7.39. The summed E-state index contributed by atoms with van der Waals surface area (Å²) in [5.74, 6) is 0. The van der Waals surface area contributed by atoms with Crippen LogP contribution in [0, 0.1) is 0 Å². The Labute approximate surface area is 98.2 Å². The van der Waals surface area contributed by atoms with Crippen LogP contribution in [-0.2, 0) is 9.05 Å². The van der Waals surface area contributed by atoms with Crippen molar-refractivity contribution in [3.05, 3.63) is 24.4 Å². The molecule has 1 heterocycles. The number of hydrogen-bond acceptors (Lipinski definition) is 3. The molecule has 0 aliphatic rings. The van der Waals surface area contributed by atoms with Crippen molar-refractivity contribution in [3.8, 4) is 0 Å². The first-order valence-corrected chi connectivity index (χ1v) is 7.12. The van der Waals surface area contributed by atoms with Gasteiger partial charge in [-0.05, 0) is 32.0 Å². The molecule has 86 valence electrons. The largest absolute Gasteiger partial charge is 0.262 e. The minimum atomic E-state index is -3.67. The van der Waals surface area contributed by atoms with E-state index >= 15 is 0 Å². The number of rotatable bonds is 2. The Morgan fingerprint density at radius 1 is 1.38 bits per heavy atom. The van der Waals surface area contributed by atoms with E-state index in [1.165, 1.54) is 12.1 Å². The molecule has 2 rings (SSSR count). The van der Waals surface area contributed by atoms with Crippen LogP contribution < -0.4 is 0 Å². The molecule has 0 unspecified atom stereocenters. The average Bonchev–Trinajstić information content (AvgIpc) is 2.58. The van der Waals surface area contributed by atoms with E-state index in [1.54, 1.807) is 12.3 Å². The molecule has 0 bridgehead atoms. The number of hydrogen-bond donors (Lipinski definition) is 0. The van der Waals surface area contributed by atoms with Crippen molar-refractivity contribution >= 4 is 30.6 Å². The van der Waals surface area contributed by atoms with Gasteiger partial charge in [0.05, 0.1) is 16.6 Å². The summed E-state index contributed by atoms with van der Waals surface area (Å²) in [6.07, 6.45) is 1.64. The van der Waals surface area contributed by atoms with Gasteiger partial charge in [-0.1, -0.05) is 0 Å². The molecular weight excluding hydrogens is 248 g/mol. The minimum absolute atomic E-state index is 0.102. The summed E-state index contributed by atoms with van der Waals surface area (Å²) in [5.41, 5.74) is 0.902. The second kappa shape index (κ2) is 3.75. The molecule has 6 heteroatoms. The summed E-state index contributed by atoms with van der Waals surface area (Å²) < 4.78 is 24.1. The van der Waals surface area contributed by atoms with Crippen LogP contribution in [0.2, 0.25) is 0 Å². The van der Waals surface area contributed by atoms with Crippen LogP contribution in [0.15, 0.2) is 29.3 Å². The SMILES string of the molecule is CC(C)n1ncc2cc(S(=O)(=O)Cl)ccc21. The van der Waals surface area contributed by atoms with Gasteiger partial charge in [-0.3, -0.25) is 4.68 Å². The van der Waals surface area contributed by atoms with E-state index in [0.717, 1.165) is 10.9 Å². The molecule has 1 aromatic heterocycles. The summed E-state index contributed by atoms with van der Waals surface area (Å²) >= 11 is 0. The van der Waals surface area contributed by atoms with Crippen molar-refractivity contribution < 1.29 is 8.42 Å². The molecule has 0 aliphatic heterocycles. The zero-order valence-electron chi connectivity index (χ0n) is 8.88. The molecule has 0 radical (unpaired) electrons. The van der Waals surface area contributed by atoms with Crippen LogP contribution in [0.1, 0.15) is 19.9 Å². The van der Waals surface area contributed by atoms with Crippen molar-refractivity contribution in [2.75, 3.05) is 0 Å². The highest BCUT2D eigenvalue weighted by atomic mass is 35.7. The summed E-state index contributed by atoms with van der Waals surface area (Å²) in [7, 11) is 1.60. The lowest BCUT2D eigenvalue weighted by molar-refractivity contribution is 0.551. The van der Waals surface area contributed by atoms with Crippen LogP contribution in [0.4, 0.5) is 0 Å². The van der Waals surface area contributed by atoms with E-state index < -0.39 is 9.05 Å². The molecule has 0 N–H and O–H groups in total. The number of benzene rings is 1. The number of halogens is 1. The molecule has 0 saturated heterocycles. The van der Waals surface area contributed by atoms with Gasteiger partial charge < -0.3 is 0 Å². The normalized spacial score (nSPS) is 12.5. The van der Waals surface area contributed by atoms with Crippen LogP contribution in [0.5, 0.6) is 0 Å². The van der Waals surface area contributed by atoms with Crippen molar-refractivity contribution in [2.45, 2.75) is 24.8 Å². The van der Waals surface area contributed by atoms with E-state index in [1.807, 2.05) is 18.5 Å². The number of nitrogens with zero attached hydrogens (tertiary/aromatic N) is 2. The van der Waals surface area contributed by atoms with Gasteiger partial charge in [0.2, 0.25) is 0 Å². The second-order valence-corrected chi connectivity index (χ2v) is 6.41. The minimum Gasteiger partial charge on any atom is -0.262 e. The number of aromatic nitrogens is 2. The smallest absolute Gasteiger partial charge is 0.261 e. The molecule has 0 amide bonds. The molecule has 4 nitrogen and oxygen atoms in total. The van der Waals surface area contributed by atoms with Crippen molar-refractivity contribution in [1.82, 2.24) is 9.78 Å². The van der Waals surface area contributed by atoms with Crippen LogP contribution in [0.3, 0.4) is 0 Å². The molecule has 1 aromatic carbocycles. The standard InChI is InChI=1S/C10H11ClN2O2S/c1-7(2)13-10-4-3-9(16(11,14)15)5-8(10)6-12-13/h3-7H,1-2H3. The van der Waals surface area contributed by atoms with E-state index in [-0.39, 0.29) is 10.9 Å². The summed E-state index contributed by atoms with van der Waals surface area (Å²) in [6.45, 7) is 4.03. The highest BCUT2D eigenvalue weighted by molar-refractivity contribution is 8.13. The third-order valence-electron chi connectivity index (χ3n) is 2.34. The lowest BCUT2D eigenvalue weighted by Gasteiger charge is -2.06. The van der Waals surface area contributed by atoms with E-state index in [9.17, 15) is 8.42 Å². The van der Waals surface area contributed by atoms with Gasteiger partial charge >= 0.3 is 0 Å².